The average molecular weight is 467 g/mol. The molecule has 0 saturated carbocycles. The lowest BCUT2D eigenvalue weighted by atomic mass is 9.98. The SMILES string of the molecule is CSc1nc2nc(C)c(CCC(=O)Nc3nc(-c4c(C)cc(C)cc4C)cs3)c(C)n2n1. The molecule has 1 N–H and O–H groups in total. The van der Waals surface area contributed by atoms with E-state index in [1.165, 1.54) is 39.8 Å². The van der Waals surface area contributed by atoms with Crippen molar-refractivity contribution in [2.24, 2.45) is 0 Å². The number of thioether (sulfide) groups is 1. The Hall–Kier alpha value is -2.78. The molecule has 1 amide bonds. The Labute approximate surface area is 195 Å². The quantitative estimate of drug-likeness (QED) is 0.399. The number of benzene rings is 1. The first-order valence-electron chi connectivity index (χ1n) is 10.4. The second-order valence-electron chi connectivity index (χ2n) is 7.93. The van der Waals surface area contributed by atoms with Crippen LogP contribution in [0.15, 0.2) is 22.7 Å². The first-order chi connectivity index (χ1) is 15.3. The fourth-order valence-electron chi connectivity index (χ4n) is 4.09. The predicted molar refractivity (Wildman–Crippen MR) is 131 cm³/mol. The molecule has 0 unspecified atom stereocenters. The maximum Gasteiger partial charge on any atom is 0.253 e. The number of nitrogens with zero attached hydrogens (tertiary/aromatic N) is 5. The van der Waals surface area contributed by atoms with Gasteiger partial charge in [-0.1, -0.05) is 29.5 Å². The predicted octanol–water partition coefficient (Wildman–Crippen LogP) is 5.08. The van der Waals surface area contributed by atoms with Crippen molar-refractivity contribution in [3.63, 3.8) is 0 Å². The normalized spacial score (nSPS) is 11.3. The van der Waals surface area contributed by atoms with E-state index in [4.69, 9.17) is 0 Å². The summed E-state index contributed by atoms with van der Waals surface area (Å²) in [6, 6.07) is 4.32. The summed E-state index contributed by atoms with van der Waals surface area (Å²) in [6.45, 7) is 10.2. The zero-order valence-corrected chi connectivity index (χ0v) is 20.7. The largest absolute Gasteiger partial charge is 0.302 e. The summed E-state index contributed by atoms with van der Waals surface area (Å²) in [4.78, 5) is 26.3. The molecule has 1 aromatic carbocycles. The van der Waals surface area contributed by atoms with Gasteiger partial charge in [0.05, 0.1) is 5.69 Å². The third-order valence-electron chi connectivity index (χ3n) is 5.50. The molecule has 0 aliphatic rings. The summed E-state index contributed by atoms with van der Waals surface area (Å²) in [7, 11) is 0. The van der Waals surface area contributed by atoms with Crippen LogP contribution in [0.1, 0.15) is 40.1 Å². The number of fused-ring (bicyclic) bond motifs is 1. The second kappa shape index (κ2) is 8.99. The number of aromatic nitrogens is 5. The molecule has 4 rings (SSSR count). The number of amides is 1. The average Bonchev–Trinajstić information content (AvgIpc) is 3.34. The van der Waals surface area contributed by atoms with E-state index in [1.807, 2.05) is 25.5 Å². The van der Waals surface area contributed by atoms with Crippen molar-refractivity contribution in [3.05, 3.63) is 51.2 Å². The smallest absolute Gasteiger partial charge is 0.253 e. The van der Waals surface area contributed by atoms with Gasteiger partial charge in [0.1, 0.15) is 0 Å². The van der Waals surface area contributed by atoms with E-state index in [2.05, 4.69) is 58.3 Å². The van der Waals surface area contributed by atoms with Crippen LogP contribution in [-0.2, 0) is 11.2 Å². The van der Waals surface area contributed by atoms with Crippen molar-refractivity contribution < 1.29 is 4.79 Å². The lowest BCUT2D eigenvalue weighted by Crippen LogP contribution is -2.14. The first kappa shape index (κ1) is 22.4. The molecular formula is C23H26N6OS2. The molecule has 0 saturated heterocycles. The molecule has 166 valence electrons. The number of aryl methyl sites for hydroxylation is 5. The van der Waals surface area contributed by atoms with Crippen molar-refractivity contribution in [1.29, 1.82) is 0 Å². The summed E-state index contributed by atoms with van der Waals surface area (Å²) in [5.41, 5.74) is 8.53. The highest BCUT2D eigenvalue weighted by molar-refractivity contribution is 7.98. The van der Waals surface area contributed by atoms with Crippen molar-refractivity contribution in [2.45, 2.75) is 52.6 Å². The highest BCUT2D eigenvalue weighted by Gasteiger charge is 2.16. The summed E-state index contributed by atoms with van der Waals surface area (Å²) in [6.07, 6.45) is 2.86. The van der Waals surface area contributed by atoms with E-state index in [9.17, 15) is 4.79 Å². The molecule has 0 bridgehead atoms. The third-order valence-corrected chi connectivity index (χ3v) is 6.79. The number of hydrogen-bond donors (Lipinski definition) is 1. The van der Waals surface area contributed by atoms with Crippen molar-refractivity contribution >= 4 is 39.9 Å². The van der Waals surface area contributed by atoms with Gasteiger partial charge in [-0.15, -0.1) is 16.4 Å². The maximum atomic E-state index is 12.6. The Morgan fingerprint density at radius 2 is 1.81 bits per heavy atom. The number of carbonyl (C=O) groups excluding carboxylic acids is 1. The molecule has 3 heterocycles. The summed E-state index contributed by atoms with van der Waals surface area (Å²) < 4.78 is 1.76. The fraction of sp³-hybridized carbons (Fsp3) is 0.348. The molecule has 0 aliphatic heterocycles. The van der Waals surface area contributed by atoms with E-state index in [-0.39, 0.29) is 5.91 Å². The lowest BCUT2D eigenvalue weighted by Gasteiger charge is -2.10. The maximum absolute atomic E-state index is 12.6. The number of hydrogen-bond acceptors (Lipinski definition) is 7. The molecule has 9 heteroatoms. The zero-order valence-electron chi connectivity index (χ0n) is 19.1. The minimum absolute atomic E-state index is 0.0643. The van der Waals surface area contributed by atoms with Crippen molar-refractivity contribution in [1.82, 2.24) is 24.6 Å². The van der Waals surface area contributed by atoms with Gasteiger partial charge in [0.15, 0.2) is 5.13 Å². The monoisotopic (exact) mass is 466 g/mol. The lowest BCUT2D eigenvalue weighted by molar-refractivity contribution is -0.116. The van der Waals surface area contributed by atoms with Gasteiger partial charge in [-0.2, -0.15) is 4.98 Å². The zero-order chi connectivity index (χ0) is 23.0. The molecule has 32 heavy (non-hydrogen) atoms. The van der Waals surface area contributed by atoms with Crippen LogP contribution in [0.5, 0.6) is 0 Å². The van der Waals surface area contributed by atoms with Gasteiger partial charge in [0.2, 0.25) is 11.1 Å². The van der Waals surface area contributed by atoms with E-state index >= 15 is 0 Å². The molecular weight excluding hydrogens is 440 g/mol. The highest BCUT2D eigenvalue weighted by atomic mass is 32.2. The van der Waals surface area contributed by atoms with Gasteiger partial charge >= 0.3 is 0 Å². The fourth-order valence-corrected chi connectivity index (χ4v) is 5.14. The number of anilines is 1. The van der Waals surface area contributed by atoms with Gasteiger partial charge in [-0.25, -0.2) is 14.5 Å². The molecule has 0 spiro atoms. The number of rotatable bonds is 6. The van der Waals surface area contributed by atoms with E-state index in [0.29, 0.717) is 28.9 Å². The molecule has 0 aliphatic carbocycles. The van der Waals surface area contributed by atoms with Crippen LogP contribution in [0.3, 0.4) is 0 Å². The highest BCUT2D eigenvalue weighted by Crippen LogP contribution is 2.31. The van der Waals surface area contributed by atoms with Crippen LogP contribution in [0.25, 0.3) is 17.0 Å². The van der Waals surface area contributed by atoms with E-state index in [0.717, 1.165) is 28.2 Å². The Morgan fingerprint density at radius 1 is 1.09 bits per heavy atom. The van der Waals surface area contributed by atoms with Gasteiger partial charge in [-0.3, -0.25) is 4.79 Å². The topological polar surface area (TPSA) is 85.1 Å². The Bertz CT molecular complexity index is 1300. The van der Waals surface area contributed by atoms with Gasteiger partial charge in [0.25, 0.3) is 5.78 Å². The molecule has 3 aromatic heterocycles. The van der Waals surface area contributed by atoms with Gasteiger partial charge in [-0.05, 0) is 64.0 Å². The van der Waals surface area contributed by atoms with E-state index < -0.39 is 0 Å². The van der Waals surface area contributed by atoms with Crippen LogP contribution in [0, 0.1) is 34.6 Å². The number of nitrogens with one attached hydrogen (secondary N) is 1. The molecule has 0 fully saturated rings. The van der Waals surface area contributed by atoms with Crippen LogP contribution < -0.4 is 5.32 Å². The molecule has 7 nitrogen and oxygen atoms in total. The minimum Gasteiger partial charge on any atom is -0.302 e. The summed E-state index contributed by atoms with van der Waals surface area (Å²) in [5.74, 6) is 0.528. The van der Waals surface area contributed by atoms with E-state index in [1.54, 1.807) is 4.52 Å². The minimum atomic E-state index is -0.0643. The number of thiazole rings is 1. The van der Waals surface area contributed by atoms with Crippen molar-refractivity contribution in [3.8, 4) is 11.3 Å². The molecule has 4 aromatic rings. The number of carbonyl (C=O) groups is 1. The first-order valence-corrected chi connectivity index (χ1v) is 12.5. The van der Waals surface area contributed by atoms with Crippen LogP contribution in [-0.4, -0.2) is 36.7 Å². The van der Waals surface area contributed by atoms with Gasteiger partial charge < -0.3 is 5.32 Å². The second-order valence-corrected chi connectivity index (χ2v) is 9.56. The summed E-state index contributed by atoms with van der Waals surface area (Å²) in [5, 5.41) is 10.7. The van der Waals surface area contributed by atoms with Crippen molar-refractivity contribution in [2.75, 3.05) is 11.6 Å². The van der Waals surface area contributed by atoms with Gasteiger partial charge in [0, 0.05) is 28.8 Å². The van der Waals surface area contributed by atoms with Crippen LogP contribution in [0.4, 0.5) is 5.13 Å². The third kappa shape index (κ3) is 4.40. The summed E-state index contributed by atoms with van der Waals surface area (Å²) >= 11 is 2.93. The van der Waals surface area contributed by atoms with Crippen LogP contribution >= 0.6 is 23.1 Å². The standard InChI is InChI=1S/C23H26N6OS2/c1-12-9-13(2)20(14(3)10-12)18-11-32-22(25-18)26-19(30)8-7-17-15(4)24-21-27-23(31-6)28-29(21)16(17)5/h9-11H,7-8H2,1-6H3,(H,25,26,30). The Balaban J connectivity index is 1.47. The van der Waals surface area contributed by atoms with Crippen LogP contribution in [0.2, 0.25) is 0 Å². The Kier molecular flexibility index (Phi) is 6.30. The molecule has 0 radical (unpaired) electrons. The Morgan fingerprint density at radius 3 is 2.50 bits per heavy atom. The molecule has 0 atom stereocenters.